The zero-order valence-corrected chi connectivity index (χ0v) is 12.7. The maximum absolute atomic E-state index is 5.90. The van der Waals surface area contributed by atoms with E-state index in [0.717, 1.165) is 28.0 Å². The second-order valence-corrected chi connectivity index (χ2v) is 4.91. The Labute approximate surface area is 122 Å². The van der Waals surface area contributed by atoms with E-state index in [4.69, 9.17) is 9.47 Å². The van der Waals surface area contributed by atoms with E-state index in [2.05, 4.69) is 35.0 Å². The van der Waals surface area contributed by atoms with Gasteiger partial charge in [-0.1, -0.05) is 51.8 Å². The van der Waals surface area contributed by atoms with E-state index in [1.807, 2.05) is 30.3 Å². The van der Waals surface area contributed by atoms with Crippen LogP contribution in [0.15, 0.2) is 42.5 Å². The van der Waals surface area contributed by atoms with Crippen molar-refractivity contribution in [3.05, 3.63) is 59.2 Å². The first-order valence-electron chi connectivity index (χ1n) is 6.14. The van der Waals surface area contributed by atoms with Crippen molar-refractivity contribution in [2.75, 3.05) is 7.11 Å². The summed E-state index contributed by atoms with van der Waals surface area (Å²) in [4.78, 5) is 0. The molecule has 0 radical (unpaired) electrons. The highest BCUT2D eigenvalue weighted by atomic mass is 79.9. The molecule has 3 heteroatoms. The van der Waals surface area contributed by atoms with Crippen LogP contribution in [-0.2, 0) is 11.9 Å². The molecule has 0 heterocycles. The highest BCUT2D eigenvalue weighted by Crippen LogP contribution is 2.25. The van der Waals surface area contributed by atoms with Gasteiger partial charge in [-0.15, -0.1) is 0 Å². The first-order valence-corrected chi connectivity index (χ1v) is 7.27. The van der Waals surface area contributed by atoms with Crippen LogP contribution < -0.4 is 9.47 Å². The van der Waals surface area contributed by atoms with Crippen LogP contribution in [0.1, 0.15) is 16.7 Å². The van der Waals surface area contributed by atoms with Crippen molar-refractivity contribution in [2.24, 2.45) is 0 Å². The molecule has 0 amide bonds. The average molecular weight is 321 g/mol. The number of rotatable bonds is 5. The third-order valence-electron chi connectivity index (χ3n) is 2.94. The van der Waals surface area contributed by atoms with Crippen molar-refractivity contribution in [1.82, 2.24) is 0 Å². The van der Waals surface area contributed by atoms with E-state index in [-0.39, 0.29) is 0 Å². The third kappa shape index (κ3) is 3.51. The van der Waals surface area contributed by atoms with Gasteiger partial charge in [0.15, 0.2) is 0 Å². The van der Waals surface area contributed by atoms with Crippen molar-refractivity contribution >= 4 is 15.9 Å². The van der Waals surface area contributed by atoms with Crippen molar-refractivity contribution in [2.45, 2.75) is 18.9 Å². The van der Waals surface area contributed by atoms with Gasteiger partial charge in [0.2, 0.25) is 0 Å². The quantitative estimate of drug-likeness (QED) is 0.756. The molecule has 2 nitrogen and oxygen atoms in total. The SMILES string of the molecule is COc1ccccc1COc1ccc(C)cc1CBr. The minimum Gasteiger partial charge on any atom is -0.496 e. The molecule has 0 saturated heterocycles. The van der Waals surface area contributed by atoms with E-state index in [9.17, 15) is 0 Å². The topological polar surface area (TPSA) is 18.5 Å². The van der Waals surface area contributed by atoms with Gasteiger partial charge in [0.1, 0.15) is 18.1 Å². The zero-order chi connectivity index (χ0) is 13.7. The summed E-state index contributed by atoms with van der Waals surface area (Å²) in [5.74, 6) is 1.77. The molecular formula is C16H17BrO2. The first kappa shape index (κ1) is 13.9. The molecule has 0 N–H and O–H groups in total. The van der Waals surface area contributed by atoms with Crippen molar-refractivity contribution in [1.29, 1.82) is 0 Å². The van der Waals surface area contributed by atoms with Crippen LogP contribution in [0.25, 0.3) is 0 Å². The van der Waals surface area contributed by atoms with Gasteiger partial charge in [0, 0.05) is 16.5 Å². The predicted octanol–water partition coefficient (Wildman–Crippen LogP) is 4.48. The number of halogens is 1. The largest absolute Gasteiger partial charge is 0.496 e. The molecule has 0 aliphatic carbocycles. The number of benzene rings is 2. The molecule has 0 aliphatic rings. The first-order chi connectivity index (χ1) is 9.24. The number of para-hydroxylation sites is 1. The Morgan fingerprint density at radius 2 is 1.79 bits per heavy atom. The Balaban J connectivity index is 2.14. The second kappa shape index (κ2) is 6.62. The molecule has 2 rings (SSSR count). The summed E-state index contributed by atoms with van der Waals surface area (Å²) >= 11 is 3.49. The van der Waals surface area contributed by atoms with Crippen molar-refractivity contribution < 1.29 is 9.47 Å². The second-order valence-electron chi connectivity index (χ2n) is 4.35. The number of alkyl halides is 1. The molecule has 2 aromatic rings. The van der Waals surface area contributed by atoms with Gasteiger partial charge in [-0.05, 0) is 19.1 Å². The Morgan fingerprint density at radius 1 is 1.00 bits per heavy atom. The molecule has 0 aromatic heterocycles. The summed E-state index contributed by atoms with van der Waals surface area (Å²) in [7, 11) is 1.68. The molecule has 0 atom stereocenters. The minimum absolute atomic E-state index is 0.507. The molecule has 0 fully saturated rings. The van der Waals surface area contributed by atoms with Crippen LogP contribution in [0.4, 0.5) is 0 Å². The predicted molar refractivity (Wildman–Crippen MR) is 81.1 cm³/mol. The number of ether oxygens (including phenoxy) is 2. The van der Waals surface area contributed by atoms with Gasteiger partial charge >= 0.3 is 0 Å². The average Bonchev–Trinajstić information content (AvgIpc) is 2.46. The Morgan fingerprint density at radius 3 is 2.53 bits per heavy atom. The Bertz CT molecular complexity index is 552. The number of methoxy groups -OCH3 is 1. The fraction of sp³-hybridized carbons (Fsp3) is 0.250. The third-order valence-corrected chi connectivity index (χ3v) is 3.54. The molecule has 0 bridgehead atoms. The molecule has 0 saturated carbocycles. The standard InChI is InChI=1S/C16H17BrO2/c1-12-7-8-16(14(9-12)10-17)19-11-13-5-3-4-6-15(13)18-2/h3-9H,10-11H2,1-2H3. The summed E-state index contributed by atoms with van der Waals surface area (Å²) in [6.07, 6.45) is 0. The van der Waals surface area contributed by atoms with Crippen LogP contribution in [-0.4, -0.2) is 7.11 Å². The maximum Gasteiger partial charge on any atom is 0.125 e. The minimum atomic E-state index is 0.507. The van der Waals surface area contributed by atoms with E-state index in [1.54, 1.807) is 7.11 Å². The van der Waals surface area contributed by atoms with Gasteiger partial charge in [-0.3, -0.25) is 0 Å². The lowest BCUT2D eigenvalue weighted by molar-refractivity contribution is 0.294. The highest BCUT2D eigenvalue weighted by molar-refractivity contribution is 9.08. The van der Waals surface area contributed by atoms with Gasteiger partial charge in [0.25, 0.3) is 0 Å². The summed E-state index contributed by atoms with van der Waals surface area (Å²) in [6, 6.07) is 14.1. The lowest BCUT2D eigenvalue weighted by Crippen LogP contribution is -2.00. The molecule has 19 heavy (non-hydrogen) atoms. The summed E-state index contributed by atoms with van der Waals surface area (Å²) in [5.41, 5.74) is 3.44. The van der Waals surface area contributed by atoms with Gasteiger partial charge in [-0.2, -0.15) is 0 Å². The fourth-order valence-corrected chi connectivity index (χ4v) is 2.37. The normalized spacial score (nSPS) is 10.3. The van der Waals surface area contributed by atoms with E-state index in [1.165, 1.54) is 5.56 Å². The summed E-state index contributed by atoms with van der Waals surface area (Å²) < 4.78 is 11.2. The Hall–Kier alpha value is -1.48. The number of hydrogen-bond donors (Lipinski definition) is 0. The summed E-state index contributed by atoms with van der Waals surface area (Å²) in [5, 5.41) is 0.788. The van der Waals surface area contributed by atoms with E-state index >= 15 is 0 Å². The lowest BCUT2D eigenvalue weighted by Gasteiger charge is -2.13. The van der Waals surface area contributed by atoms with Crippen LogP contribution in [0.3, 0.4) is 0 Å². The smallest absolute Gasteiger partial charge is 0.125 e. The van der Waals surface area contributed by atoms with Crippen molar-refractivity contribution in [3.63, 3.8) is 0 Å². The molecule has 100 valence electrons. The van der Waals surface area contributed by atoms with Crippen LogP contribution in [0, 0.1) is 6.92 Å². The van der Waals surface area contributed by atoms with E-state index in [0.29, 0.717) is 6.61 Å². The molecule has 0 unspecified atom stereocenters. The number of aryl methyl sites for hydroxylation is 1. The van der Waals surface area contributed by atoms with Crippen molar-refractivity contribution in [3.8, 4) is 11.5 Å². The van der Waals surface area contributed by atoms with E-state index < -0.39 is 0 Å². The fourth-order valence-electron chi connectivity index (χ4n) is 1.93. The van der Waals surface area contributed by atoms with Crippen LogP contribution in [0.5, 0.6) is 11.5 Å². The maximum atomic E-state index is 5.90. The van der Waals surface area contributed by atoms with Gasteiger partial charge in [0.05, 0.1) is 7.11 Å². The monoisotopic (exact) mass is 320 g/mol. The lowest BCUT2D eigenvalue weighted by atomic mass is 10.1. The number of hydrogen-bond acceptors (Lipinski definition) is 2. The van der Waals surface area contributed by atoms with Gasteiger partial charge in [-0.25, -0.2) is 0 Å². The molecule has 0 spiro atoms. The molecular weight excluding hydrogens is 304 g/mol. The molecule has 2 aromatic carbocycles. The zero-order valence-electron chi connectivity index (χ0n) is 11.2. The van der Waals surface area contributed by atoms with Gasteiger partial charge < -0.3 is 9.47 Å². The Kier molecular flexibility index (Phi) is 4.86. The summed E-state index contributed by atoms with van der Waals surface area (Å²) in [6.45, 7) is 2.59. The molecule has 0 aliphatic heterocycles. The van der Waals surface area contributed by atoms with Crippen LogP contribution in [0.2, 0.25) is 0 Å². The highest BCUT2D eigenvalue weighted by Gasteiger charge is 2.06. The van der Waals surface area contributed by atoms with Crippen LogP contribution >= 0.6 is 15.9 Å².